The summed E-state index contributed by atoms with van der Waals surface area (Å²) in [6, 6.07) is 12.3. The summed E-state index contributed by atoms with van der Waals surface area (Å²) in [6.45, 7) is 3.44. The Labute approximate surface area is 149 Å². The Morgan fingerprint density at radius 3 is 2.60 bits per heavy atom. The molecule has 0 unspecified atom stereocenters. The lowest BCUT2D eigenvalue weighted by molar-refractivity contribution is 0.139. The summed E-state index contributed by atoms with van der Waals surface area (Å²) >= 11 is 1.29. The van der Waals surface area contributed by atoms with Crippen LogP contribution in [0.1, 0.15) is 6.92 Å². The number of benzene rings is 2. The van der Waals surface area contributed by atoms with Gasteiger partial charge in [-0.25, -0.2) is 4.39 Å². The lowest BCUT2D eigenvalue weighted by Gasteiger charge is -2.05. The molecule has 3 rings (SSSR count). The van der Waals surface area contributed by atoms with Gasteiger partial charge in [0.15, 0.2) is 0 Å². The molecule has 1 heterocycles. The van der Waals surface area contributed by atoms with Crippen LogP contribution in [0.3, 0.4) is 0 Å². The molecule has 0 spiro atoms. The Morgan fingerprint density at radius 1 is 1.16 bits per heavy atom. The Bertz CT molecular complexity index is 1040. The molecule has 0 radical (unpaired) electrons. The van der Waals surface area contributed by atoms with Crippen LogP contribution in [0.4, 0.5) is 4.39 Å². The standard InChI is InChI=1S/C17H17FN2O3S2/c1-2-23-12-11-20-15-5-3-4-6-16(15)24-17(20)19-25(21,22)14-9-7-13(18)8-10-14/h3-10H,2,11-12H2,1H3/b19-17-. The second-order valence-electron chi connectivity index (χ2n) is 5.22. The van der Waals surface area contributed by atoms with E-state index in [0.29, 0.717) is 24.6 Å². The summed E-state index contributed by atoms with van der Waals surface area (Å²) in [5, 5.41) is 0. The van der Waals surface area contributed by atoms with E-state index in [0.717, 1.165) is 22.3 Å². The van der Waals surface area contributed by atoms with Crippen molar-refractivity contribution in [3.63, 3.8) is 0 Å². The summed E-state index contributed by atoms with van der Waals surface area (Å²) < 4.78 is 50.3. The smallest absolute Gasteiger partial charge is 0.285 e. The van der Waals surface area contributed by atoms with Gasteiger partial charge in [-0.05, 0) is 43.3 Å². The lowest BCUT2D eigenvalue weighted by Crippen LogP contribution is -2.19. The molecule has 0 saturated heterocycles. The molecule has 8 heteroatoms. The highest BCUT2D eigenvalue weighted by atomic mass is 32.2. The van der Waals surface area contributed by atoms with E-state index >= 15 is 0 Å². The van der Waals surface area contributed by atoms with Gasteiger partial charge in [0.05, 0.1) is 21.7 Å². The Morgan fingerprint density at radius 2 is 1.88 bits per heavy atom. The van der Waals surface area contributed by atoms with Crippen LogP contribution < -0.4 is 4.80 Å². The third-order valence-electron chi connectivity index (χ3n) is 3.56. The second kappa shape index (κ2) is 7.47. The van der Waals surface area contributed by atoms with E-state index in [4.69, 9.17) is 4.74 Å². The van der Waals surface area contributed by atoms with Gasteiger partial charge in [-0.15, -0.1) is 4.40 Å². The first-order valence-corrected chi connectivity index (χ1v) is 9.99. The van der Waals surface area contributed by atoms with Crippen molar-refractivity contribution in [2.75, 3.05) is 13.2 Å². The molecule has 3 aromatic rings. The number of ether oxygens (including phenoxy) is 1. The molecular weight excluding hydrogens is 363 g/mol. The predicted molar refractivity (Wildman–Crippen MR) is 95.5 cm³/mol. The predicted octanol–water partition coefficient (Wildman–Crippen LogP) is 3.17. The van der Waals surface area contributed by atoms with Crippen molar-refractivity contribution in [2.24, 2.45) is 4.40 Å². The number of fused-ring (bicyclic) bond motifs is 1. The molecular formula is C17H17FN2O3S2. The van der Waals surface area contributed by atoms with Gasteiger partial charge in [-0.1, -0.05) is 23.5 Å². The number of para-hydroxylation sites is 1. The van der Waals surface area contributed by atoms with Crippen molar-refractivity contribution < 1.29 is 17.5 Å². The Kier molecular flexibility index (Phi) is 5.31. The molecule has 0 aliphatic heterocycles. The van der Waals surface area contributed by atoms with E-state index in [9.17, 15) is 12.8 Å². The Balaban J connectivity index is 2.11. The summed E-state index contributed by atoms with van der Waals surface area (Å²) in [5.41, 5.74) is 0.903. The van der Waals surface area contributed by atoms with E-state index in [1.807, 2.05) is 35.8 Å². The third kappa shape index (κ3) is 3.97. The van der Waals surface area contributed by atoms with Crippen LogP contribution in [0.2, 0.25) is 0 Å². The van der Waals surface area contributed by atoms with Crippen LogP contribution in [-0.4, -0.2) is 26.2 Å². The van der Waals surface area contributed by atoms with Crippen molar-refractivity contribution >= 4 is 31.6 Å². The number of rotatable bonds is 6. The summed E-state index contributed by atoms with van der Waals surface area (Å²) in [5.74, 6) is -0.493. The van der Waals surface area contributed by atoms with Crippen molar-refractivity contribution in [1.82, 2.24) is 4.57 Å². The molecule has 5 nitrogen and oxygen atoms in total. The topological polar surface area (TPSA) is 60.7 Å². The number of hydrogen-bond donors (Lipinski definition) is 0. The maximum atomic E-state index is 13.0. The molecule has 0 fully saturated rings. The monoisotopic (exact) mass is 380 g/mol. The number of sulfonamides is 1. The van der Waals surface area contributed by atoms with E-state index < -0.39 is 15.8 Å². The van der Waals surface area contributed by atoms with Crippen molar-refractivity contribution in [2.45, 2.75) is 18.4 Å². The average molecular weight is 380 g/mol. The highest BCUT2D eigenvalue weighted by Gasteiger charge is 2.14. The number of halogens is 1. The van der Waals surface area contributed by atoms with Crippen LogP contribution in [0.5, 0.6) is 0 Å². The first-order valence-electron chi connectivity index (χ1n) is 7.74. The zero-order valence-electron chi connectivity index (χ0n) is 13.6. The Hall–Kier alpha value is -2.03. The van der Waals surface area contributed by atoms with Gasteiger partial charge in [0.1, 0.15) is 5.82 Å². The first-order chi connectivity index (χ1) is 12.0. The van der Waals surface area contributed by atoms with Gasteiger partial charge >= 0.3 is 0 Å². The van der Waals surface area contributed by atoms with Crippen LogP contribution >= 0.6 is 11.3 Å². The second-order valence-corrected chi connectivity index (χ2v) is 7.83. The molecule has 132 valence electrons. The molecule has 2 aromatic carbocycles. The molecule has 0 amide bonds. The lowest BCUT2D eigenvalue weighted by atomic mass is 10.3. The highest BCUT2D eigenvalue weighted by molar-refractivity contribution is 7.90. The number of hydrogen-bond acceptors (Lipinski definition) is 4. The largest absolute Gasteiger partial charge is 0.380 e. The van der Waals surface area contributed by atoms with E-state index in [2.05, 4.69) is 4.40 Å². The van der Waals surface area contributed by atoms with Crippen LogP contribution in [0, 0.1) is 5.82 Å². The SMILES string of the molecule is CCOCCn1/c(=N/S(=O)(=O)c2ccc(F)cc2)sc2ccccc21. The molecule has 0 atom stereocenters. The van der Waals surface area contributed by atoms with Gasteiger partial charge < -0.3 is 9.30 Å². The summed E-state index contributed by atoms with van der Waals surface area (Å²) in [4.78, 5) is 0.327. The number of thiazole rings is 1. The maximum absolute atomic E-state index is 13.0. The van der Waals surface area contributed by atoms with E-state index in [-0.39, 0.29) is 4.90 Å². The van der Waals surface area contributed by atoms with Gasteiger partial charge in [0.25, 0.3) is 10.0 Å². The number of aromatic nitrogens is 1. The van der Waals surface area contributed by atoms with Gasteiger partial charge in [0.2, 0.25) is 4.80 Å². The molecule has 0 N–H and O–H groups in total. The average Bonchev–Trinajstić information content (AvgIpc) is 2.92. The molecule has 0 aliphatic carbocycles. The molecule has 1 aromatic heterocycles. The summed E-state index contributed by atoms with van der Waals surface area (Å²) in [7, 11) is -3.92. The van der Waals surface area contributed by atoms with Crippen LogP contribution in [0.15, 0.2) is 57.8 Å². The number of nitrogens with zero attached hydrogens (tertiary/aromatic N) is 2. The minimum absolute atomic E-state index is 0.0392. The molecule has 0 saturated carbocycles. The normalized spacial score (nSPS) is 12.8. The zero-order chi connectivity index (χ0) is 17.9. The minimum atomic E-state index is -3.92. The quantitative estimate of drug-likeness (QED) is 0.617. The van der Waals surface area contributed by atoms with E-state index in [1.54, 1.807) is 0 Å². The fourth-order valence-corrected chi connectivity index (χ4v) is 4.63. The minimum Gasteiger partial charge on any atom is -0.380 e. The fraction of sp³-hybridized carbons (Fsp3) is 0.235. The van der Waals surface area contributed by atoms with E-state index in [1.165, 1.54) is 23.5 Å². The first kappa shape index (κ1) is 17.8. The molecule has 25 heavy (non-hydrogen) atoms. The van der Waals surface area contributed by atoms with Crippen molar-refractivity contribution in [1.29, 1.82) is 0 Å². The van der Waals surface area contributed by atoms with Gasteiger partial charge in [-0.2, -0.15) is 8.42 Å². The zero-order valence-corrected chi connectivity index (χ0v) is 15.2. The van der Waals surface area contributed by atoms with Crippen molar-refractivity contribution in [3.05, 3.63) is 59.1 Å². The van der Waals surface area contributed by atoms with Gasteiger partial charge in [0, 0.05) is 13.2 Å². The van der Waals surface area contributed by atoms with Crippen LogP contribution in [0.25, 0.3) is 10.2 Å². The molecule has 0 bridgehead atoms. The van der Waals surface area contributed by atoms with Crippen LogP contribution in [-0.2, 0) is 21.3 Å². The third-order valence-corrected chi connectivity index (χ3v) is 6.02. The highest BCUT2D eigenvalue weighted by Crippen LogP contribution is 2.18. The maximum Gasteiger partial charge on any atom is 0.285 e. The summed E-state index contributed by atoms with van der Waals surface area (Å²) in [6.07, 6.45) is 0. The fourth-order valence-electron chi connectivity index (χ4n) is 2.37. The van der Waals surface area contributed by atoms with Gasteiger partial charge in [-0.3, -0.25) is 0 Å². The molecule has 0 aliphatic rings. The van der Waals surface area contributed by atoms with Crippen molar-refractivity contribution in [3.8, 4) is 0 Å².